The van der Waals surface area contributed by atoms with Crippen molar-refractivity contribution in [3.8, 4) is 0 Å². The Balaban J connectivity index is 1.93. The van der Waals surface area contributed by atoms with E-state index in [1.807, 2.05) is 17.5 Å². The third-order valence-corrected chi connectivity index (χ3v) is 5.39. The Hall–Kier alpha value is -1.13. The van der Waals surface area contributed by atoms with E-state index in [1.165, 1.54) is 27.6 Å². The monoisotopic (exact) mass is 275 g/mol. The summed E-state index contributed by atoms with van der Waals surface area (Å²) in [5, 5.41) is 1.20. The van der Waals surface area contributed by atoms with Crippen LogP contribution in [-0.2, 0) is 12.8 Å². The Bertz CT molecular complexity index is 570. The summed E-state index contributed by atoms with van der Waals surface area (Å²) in [7, 11) is 0. The molecule has 0 saturated carbocycles. The van der Waals surface area contributed by atoms with Crippen molar-refractivity contribution in [1.29, 1.82) is 0 Å². The van der Waals surface area contributed by atoms with Gasteiger partial charge in [-0.3, -0.25) is 0 Å². The Morgan fingerprint density at radius 2 is 2.42 bits per heavy atom. The molecule has 3 rings (SSSR count). The highest BCUT2D eigenvalue weighted by Gasteiger charge is 2.23. The predicted octanol–water partition coefficient (Wildman–Crippen LogP) is 3.45. The average molecular weight is 275 g/mol. The number of aryl methyl sites for hydroxylation is 1. The van der Waals surface area contributed by atoms with Gasteiger partial charge >= 0.3 is 0 Å². The van der Waals surface area contributed by atoms with E-state index in [-0.39, 0.29) is 6.04 Å². The van der Waals surface area contributed by atoms with Crippen molar-refractivity contribution in [3.63, 3.8) is 0 Å². The Labute approximate surface area is 118 Å². The molecule has 2 atom stereocenters. The molecule has 0 amide bonds. The lowest BCUT2D eigenvalue weighted by Gasteiger charge is -2.23. The van der Waals surface area contributed by atoms with E-state index < -0.39 is 0 Å². The van der Waals surface area contributed by atoms with Crippen molar-refractivity contribution in [3.05, 3.63) is 39.6 Å². The fourth-order valence-electron chi connectivity index (χ4n) is 2.91. The minimum absolute atomic E-state index is 0.222. The van der Waals surface area contributed by atoms with Crippen LogP contribution in [0.2, 0.25) is 0 Å². The molecular formula is C15H21N3S. The summed E-state index contributed by atoms with van der Waals surface area (Å²) in [6.45, 7) is 4.41. The van der Waals surface area contributed by atoms with Gasteiger partial charge in [0.05, 0.1) is 6.04 Å². The minimum Gasteiger partial charge on any atom is -0.342 e. The molecular weight excluding hydrogens is 254 g/mol. The van der Waals surface area contributed by atoms with Crippen LogP contribution in [0.15, 0.2) is 18.5 Å². The van der Waals surface area contributed by atoms with Crippen LogP contribution in [-0.4, -0.2) is 9.55 Å². The number of hydrogen-bond acceptors (Lipinski definition) is 3. The van der Waals surface area contributed by atoms with Gasteiger partial charge in [0.25, 0.3) is 0 Å². The molecule has 0 bridgehead atoms. The minimum atomic E-state index is 0.222. The van der Waals surface area contributed by atoms with Gasteiger partial charge in [0.15, 0.2) is 0 Å². The highest BCUT2D eigenvalue weighted by Crippen LogP contribution is 2.33. The van der Waals surface area contributed by atoms with Gasteiger partial charge < -0.3 is 10.3 Å². The largest absolute Gasteiger partial charge is 0.342 e. The third-order valence-electron chi connectivity index (χ3n) is 4.08. The Morgan fingerprint density at radius 1 is 1.58 bits per heavy atom. The van der Waals surface area contributed by atoms with E-state index in [4.69, 9.17) is 5.73 Å². The predicted molar refractivity (Wildman–Crippen MR) is 79.6 cm³/mol. The summed E-state index contributed by atoms with van der Waals surface area (Å²) >= 11 is 1.83. The standard InChI is InChI=1S/C15H21N3S/c1-3-11-9-17-15(19-11)10(2)18-8-7-12-13(16)5-4-6-14(12)18/h7-10,13H,3-6,16H2,1-2H3. The maximum Gasteiger partial charge on any atom is 0.115 e. The van der Waals surface area contributed by atoms with Gasteiger partial charge in [-0.2, -0.15) is 0 Å². The molecule has 4 heteroatoms. The molecule has 2 aromatic rings. The van der Waals surface area contributed by atoms with Gasteiger partial charge in [-0.05, 0) is 44.2 Å². The molecule has 2 heterocycles. The molecule has 2 N–H and O–H groups in total. The quantitative estimate of drug-likeness (QED) is 0.932. The number of fused-ring (bicyclic) bond motifs is 1. The molecule has 3 nitrogen and oxygen atoms in total. The first-order valence-electron chi connectivity index (χ1n) is 7.10. The lowest BCUT2D eigenvalue weighted by atomic mass is 9.93. The smallest absolute Gasteiger partial charge is 0.115 e. The lowest BCUT2D eigenvalue weighted by molar-refractivity contribution is 0.525. The molecule has 19 heavy (non-hydrogen) atoms. The Morgan fingerprint density at radius 3 is 3.16 bits per heavy atom. The Kier molecular flexibility index (Phi) is 3.46. The zero-order chi connectivity index (χ0) is 13.4. The van der Waals surface area contributed by atoms with Crippen LogP contribution in [0.5, 0.6) is 0 Å². The number of nitrogens with zero attached hydrogens (tertiary/aromatic N) is 2. The van der Waals surface area contributed by atoms with Crippen molar-refractivity contribution >= 4 is 11.3 Å². The maximum absolute atomic E-state index is 6.20. The van der Waals surface area contributed by atoms with Crippen LogP contribution >= 0.6 is 11.3 Å². The van der Waals surface area contributed by atoms with Gasteiger partial charge in [0.2, 0.25) is 0 Å². The summed E-state index contributed by atoms with van der Waals surface area (Å²) in [5.74, 6) is 0. The van der Waals surface area contributed by atoms with Crippen LogP contribution in [0.1, 0.15) is 59.9 Å². The molecule has 0 saturated heterocycles. The summed E-state index contributed by atoms with van der Waals surface area (Å²) in [6.07, 6.45) is 8.72. The first-order valence-corrected chi connectivity index (χ1v) is 7.92. The molecule has 0 spiro atoms. The van der Waals surface area contributed by atoms with E-state index in [1.54, 1.807) is 0 Å². The molecule has 0 radical (unpaired) electrons. The van der Waals surface area contributed by atoms with Crippen LogP contribution in [0.3, 0.4) is 0 Å². The SMILES string of the molecule is CCc1cnc(C(C)n2ccc3c2CCCC3N)s1. The summed E-state index contributed by atoms with van der Waals surface area (Å²) in [6, 6.07) is 2.74. The highest BCUT2D eigenvalue weighted by molar-refractivity contribution is 7.11. The van der Waals surface area contributed by atoms with E-state index in [9.17, 15) is 0 Å². The van der Waals surface area contributed by atoms with E-state index in [0.29, 0.717) is 6.04 Å². The first kappa shape index (κ1) is 12.9. The molecule has 1 aliphatic rings. The maximum atomic E-state index is 6.20. The van der Waals surface area contributed by atoms with Crippen LogP contribution in [0.25, 0.3) is 0 Å². The van der Waals surface area contributed by atoms with Gasteiger partial charge in [-0.25, -0.2) is 4.98 Å². The van der Waals surface area contributed by atoms with Gasteiger partial charge in [-0.1, -0.05) is 6.92 Å². The average Bonchev–Trinajstić information content (AvgIpc) is 3.05. The van der Waals surface area contributed by atoms with Crippen molar-refractivity contribution in [2.24, 2.45) is 5.73 Å². The van der Waals surface area contributed by atoms with Crippen molar-refractivity contribution in [2.45, 2.75) is 51.6 Å². The number of nitrogens with two attached hydrogens (primary N) is 1. The summed E-state index contributed by atoms with van der Waals surface area (Å²) < 4.78 is 2.37. The van der Waals surface area contributed by atoms with Crippen molar-refractivity contribution in [1.82, 2.24) is 9.55 Å². The van der Waals surface area contributed by atoms with Gasteiger partial charge in [-0.15, -0.1) is 11.3 Å². The second kappa shape index (κ2) is 5.10. The second-order valence-electron chi connectivity index (χ2n) is 5.32. The molecule has 102 valence electrons. The van der Waals surface area contributed by atoms with E-state index in [2.05, 4.69) is 35.7 Å². The number of hydrogen-bond donors (Lipinski definition) is 1. The number of aromatic nitrogens is 2. The normalized spacial score (nSPS) is 20.3. The number of thiazole rings is 1. The van der Waals surface area contributed by atoms with E-state index >= 15 is 0 Å². The molecule has 2 aromatic heterocycles. The van der Waals surface area contributed by atoms with Gasteiger partial charge in [0.1, 0.15) is 5.01 Å². The third kappa shape index (κ3) is 2.23. The molecule has 2 unspecified atom stereocenters. The van der Waals surface area contributed by atoms with Crippen molar-refractivity contribution in [2.75, 3.05) is 0 Å². The van der Waals surface area contributed by atoms with Crippen molar-refractivity contribution < 1.29 is 0 Å². The molecule has 0 fully saturated rings. The summed E-state index contributed by atoms with van der Waals surface area (Å²) in [5.41, 5.74) is 8.95. The highest BCUT2D eigenvalue weighted by atomic mass is 32.1. The fourth-order valence-corrected chi connectivity index (χ4v) is 3.82. The molecule has 0 aromatic carbocycles. The van der Waals surface area contributed by atoms with Crippen LogP contribution in [0.4, 0.5) is 0 Å². The van der Waals surface area contributed by atoms with Gasteiger partial charge in [0, 0.05) is 29.0 Å². The molecule has 1 aliphatic carbocycles. The lowest BCUT2D eigenvalue weighted by Crippen LogP contribution is -2.19. The van der Waals surface area contributed by atoms with E-state index in [0.717, 1.165) is 19.3 Å². The van der Waals surface area contributed by atoms with Crippen LogP contribution < -0.4 is 5.73 Å². The molecule has 0 aliphatic heterocycles. The first-order chi connectivity index (χ1) is 9.20. The summed E-state index contributed by atoms with van der Waals surface area (Å²) in [4.78, 5) is 5.94. The zero-order valence-corrected chi connectivity index (χ0v) is 12.4. The fraction of sp³-hybridized carbons (Fsp3) is 0.533. The van der Waals surface area contributed by atoms with Crippen LogP contribution in [0, 0.1) is 0 Å². The second-order valence-corrected chi connectivity index (χ2v) is 6.46. The topological polar surface area (TPSA) is 43.8 Å². The zero-order valence-electron chi connectivity index (χ0n) is 11.6. The number of rotatable bonds is 3.